The van der Waals surface area contributed by atoms with E-state index in [1.54, 1.807) is 6.07 Å². The van der Waals surface area contributed by atoms with Crippen LogP contribution in [0.25, 0.3) is 0 Å². The molecule has 2 aromatic rings. The predicted molar refractivity (Wildman–Crippen MR) is 85.3 cm³/mol. The Morgan fingerprint density at radius 1 is 1.21 bits per heavy atom. The molecule has 0 saturated carbocycles. The largest absolute Gasteiger partial charge is 0.477 e. The number of nitrogens with zero attached hydrogens (tertiary/aromatic N) is 3. The number of hydrogen-bond donors (Lipinski definition) is 1. The minimum Gasteiger partial charge on any atom is -0.477 e. The molecule has 0 aliphatic heterocycles. The zero-order valence-corrected chi connectivity index (χ0v) is 12.8. The van der Waals surface area contributed by atoms with Gasteiger partial charge in [0.25, 0.3) is 5.91 Å². The molecule has 1 amide bonds. The second-order valence-electron chi connectivity index (χ2n) is 4.24. The first-order chi connectivity index (χ1) is 11.5. The molecular formula is C13H10N4O6S. The van der Waals surface area contributed by atoms with Gasteiger partial charge >= 0.3 is 10.7 Å². The van der Waals surface area contributed by atoms with E-state index in [2.05, 4.69) is 10.5 Å². The Kier molecular flexibility index (Phi) is 5.52. The fraction of sp³-hybridized carbons (Fsp3) is 0.0769. The van der Waals surface area contributed by atoms with Crippen LogP contribution in [0.4, 0.5) is 10.7 Å². The molecule has 0 saturated heterocycles. The van der Waals surface area contributed by atoms with Gasteiger partial charge in [0.15, 0.2) is 12.4 Å². The molecule has 11 heteroatoms. The van der Waals surface area contributed by atoms with Gasteiger partial charge in [0.2, 0.25) is 0 Å². The summed E-state index contributed by atoms with van der Waals surface area (Å²) in [6.45, 7) is -0.465. The molecule has 0 fully saturated rings. The normalized spacial score (nSPS) is 10.5. The first kappa shape index (κ1) is 17.0. The van der Waals surface area contributed by atoms with Gasteiger partial charge in [0, 0.05) is 12.1 Å². The van der Waals surface area contributed by atoms with Crippen molar-refractivity contribution in [1.82, 2.24) is 5.43 Å². The summed E-state index contributed by atoms with van der Waals surface area (Å²) in [5, 5.41) is 24.9. The number of nitro groups is 2. The van der Waals surface area contributed by atoms with Crippen molar-refractivity contribution in [2.45, 2.75) is 0 Å². The third kappa shape index (κ3) is 4.58. The first-order valence-electron chi connectivity index (χ1n) is 6.39. The summed E-state index contributed by atoms with van der Waals surface area (Å²) < 4.78 is 5.08. The van der Waals surface area contributed by atoms with Gasteiger partial charge < -0.3 is 4.74 Å². The number of benzene rings is 1. The summed E-state index contributed by atoms with van der Waals surface area (Å²) in [4.78, 5) is 32.3. The Bertz CT molecular complexity index is 803. The minimum absolute atomic E-state index is 0.0319. The number of hydrazone groups is 1. The highest BCUT2D eigenvalue weighted by Crippen LogP contribution is 2.25. The van der Waals surface area contributed by atoms with Crippen LogP contribution in [-0.2, 0) is 4.79 Å². The molecule has 24 heavy (non-hydrogen) atoms. The highest BCUT2D eigenvalue weighted by atomic mass is 32.1. The lowest BCUT2D eigenvalue weighted by molar-refractivity contribution is -0.385. The van der Waals surface area contributed by atoms with Gasteiger partial charge in [-0.3, -0.25) is 25.0 Å². The lowest BCUT2D eigenvalue weighted by Crippen LogP contribution is -2.24. The van der Waals surface area contributed by atoms with E-state index in [-0.39, 0.29) is 16.4 Å². The molecule has 2 rings (SSSR count). The zero-order valence-electron chi connectivity index (χ0n) is 11.9. The number of amides is 1. The number of ether oxygens (including phenoxy) is 1. The van der Waals surface area contributed by atoms with E-state index in [4.69, 9.17) is 4.74 Å². The van der Waals surface area contributed by atoms with Crippen molar-refractivity contribution in [2.75, 3.05) is 6.61 Å². The molecule has 10 nitrogen and oxygen atoms in total. The summed E-state index contributed by atoms with van der Waals surface area (Å²) in [6, 6.07) is 8.47. The van der Waals surface area contributed by atoms with Crippen molar-refractivity contribution < 1.29 is 19.4 Å². The Morgan fingerprint density at radius 2 is 1.96 bits per heavy atom. The summed E-state index contributed by atoms with van der Waals surface area (Å²) in [5.41, 5.74) is 1.91. The molecule has 0 spiro atoms. The smallest absolute Gasteiger partial charge is 0.324 e. The van der Waals surface area contributed by atoms with Gasteiger partial charge in [-0.2, -0.15) is 5.10 Å². The summed E-state index contributed by atoms with van der Waals surface area (Å²) in [7, 11) is 0. The van der Waals surface area contributed by atoms with Crippen LogP contribution >= 0.6 is 11.3 Å². The fourth-order valence-electron chi connectivity index (χ4n) is 1.58. The van der Waals surface area contributed by atoms with Gasteiger partial charge in [0.1, 0.15) is 0 Å². The van der Waals surface area contributed by atoms with Gasteiger partial charge in [-0.15, -0.1) is 0 Å². The highest BCUT2D eigenvalue weighted by molar-refractivity contribution is 7.16. The minimum atomic E-state index is -0.629. The first-order valence-corrected chi connectivity index (χ1v) is 7.21. The van der Waals surface area contributed by atoms with Crippen molar-refractivity contribution in [2.24, 2.45) is 5.10 Å². The van der Waals surface area contributed by atoms with E-state index in [0.717, 1.165) is 11.3 Å². The molecule has 0 aliphatic rings. The average molecular weight is 350 g/mol. The van der Waals surface area contributed by atoms with Crippen LogP contribution in [0, 0.1) is 20.2 Å². The monoisotopic (exact) mass is 350 g/mol. The molecule has 0 aliphatic carbocycles. The lowest BCUT2D eigenvalue weighted by atomic mass is 10.3. The van der Waals surface area contributed by atoms with E-state index in [1.807, 2.05) is 0 Å². The van der Waals surface area contributed by atoms with Gasteiger partial charge in [-0.05, 0) is 12.1 Å². The quantitative estimate of drug-likeness (QED) is 0.461. The summed E-state index contributed by atoms with van der Waals surface area (Å²) >= 11 is 0.902. The maximum absolute atomic E-state index is 11.6. The summed E-state index contributed by atoms with van der Waals surface area (Å²) in [6.07, 6.45) is 1.25. The Labute approximate surface area is 138 Å². The van der Waals surface area contributed by atoms with Crippen molar-refractivity contribution in [3.63, 3.8) is 0 Å². The van der Waals surface area contributed by atoms with Gasteiger partial charge in [0.05, 0.1) is 20.9 Å². The number of para-hydroxylation sites is 2. The molecule has 1 N–H and O–H groups in total. The number of carbonyl (C=O) groups excluding carboxylic acids is 1. The van der Waals surface area contributed by atoms with Gasteiger partial charge in [-0.1, -0.05) is 23.5 Å². The number of hydrogen-bond acceptors (Lipinski definition) is 8. The van der Waals surface area contributed by atoms with Crippen LogP contribution in [0.5, 0.6) is 5.75 Å². The molecule has 1 heterocycles. The maximum Gasteiger partial charge on any atom is 0.324 e. The number of nitrogens with one attached hydrogen (secondary N) is 1. The number of rotatable bonds is 7. The van der Waals surface area contributed by atoms with Crippen molar-refractivity contribution >= 4 is 34.1 Å². The average Bonchev–Trinajstić information content (AvgIpc) is 3.02. The zero-order chi connectivity index (χ0) is 17.5. The standard InChI is InChI=1S/C13H10N4O6S/c18-12(8-23-11-4-2-1-3-10(11)16(19)20)15-14-7-9-5-6-13(24-9)17(21)22/h1-7H,8H2,(H,15,18)/b14-7+. The van der Waals surface area contributed by atoms with Crippen molar-refractivity contribution in [1.29, 1.82) is 0 Å². The van der Waals surface area contributed by atoms with Crippen LogP contribution in [-0.4, -0.2) is 28.6 Å². The topological polar surface area (TPSA) is 137 Å². The Balaban J connectivity index is 1.86. The second kappa shape index (κ2) is 7.78. The van der Waals surface area contributed by atoms with E-state index >= 15 is 0 Å². The SMILES string of the molecule is O=C(COc1ccccc1[N+](=O)[O-])N/N=C/c1ccc([N+](=O)[O-])s1. The van der Waals surface area contributed by atoms with E-state index in [0.29, 0.717) is 4.88 Å². The third-order valence-electron chi connectivity index (χ3n) is 2.59. The van der Waals surface area contributed by atoms with Crippen LogP contribution in [0.15, 0.2) is 41.5 Å². The lowest BCUT2D eigenvalue weighted by Gasteiger charge is -2.05. The second-order valence-corrected chi connectivity index (χ2v) is 5.33. The number of carbonyl (C=O) groups is 1. The predicted octanol–water partition coefficient (Wildman–Crippen LogP) is 2.09. The highest BCUT2D eigenvalue weighted by Gasteiger charge is 2.14. The summed E-state index contributed by atoms with van der Waals surface area (Å²) in [5.74, 6) is -0.661. The molecule has 0 unspecified atom stereocenters. The third-order valence-corrected chi connectivity index (χ3v) is 3.57. The molecule has 124 valence electrons. The van der Waals surface area contributed by atoms with Crippen LogP contribution in [0.1, 0.15) is 4.88 Å². The molecule has 0 radical (unpaired) electrons. The van der Waals surface area contributed by atoms with Crippen LogP contribution in [0.3, 0.4) is 0 Å². The Morgan fingerprint density at radius 3 is 2.62 bits per heavy atom. The van der Waals surface area contributed by atoms with Crippen LogP contribution in [0.2, 0.25) is 0 Å². The van der Waals surface area contributed by atoms with Gasteiger partial charge in [-0.25, -0.2) is 5.43 Å². The van der Waals surface area contributed by atoms with Crippen LogP contribution < -0.4 is 10.2 Å². The fourth-order valence-corrected chi connectivity index (χ4v) is 2.28. The van der Waals surface area contributed by atoms with E-state index < -0.39 is 22.4 Å². The van der Waals surface area contributed by atoms with E-state index in [9.17, 15) is 25.0 Å². The molecular weight excluding hydrogens is 340 g/mol. The van der Waals surface area contributed by atoms with E-state index in [1.165, 1.54) is 36.5 Å². The number of thiophene rings is 1. The molecule has 1 aromatic carbocycles. The molecule has 0 bridgehead atoms. The molecule has 1 aromatic heterocycles. The number of nitro benzene ring substituents is 1. The van der Waals surface area contributed by atoms with Crippen molar-refractivity contribution in [3.8, 4) is 5.75 Å². The molecule has 0 atom stereocenters. The maximum atomic E-state index is 11.6. The Hall–Kier alpha value is -3.34. The van der Waals surface area contributed by atoms with Crippen molar-refractivity contribution in [3.05, 3.63) is 61.5 Å².